The second-order valence-electron chi connectivity index (χ2n) is 6.46. The maximum atomic E-state index is 12.8. The highest BCUT2D eigenvalue weighted by Crippen LogP contribution is 2.17. The maximum absolute atomic E-state index is 12.8. The van der Waals surface area contributed by atoms with E-state index in [9.17, 15) is 13.2 Å². The second kappa shape index (κ2) is 9.98. The van der Waals surface area contributed by atoms with E-state index >= 15 is 0 Å². The van der Waals surface area contributed by atoms with Gasteiger partial charge in [-0.1, -0.05) is 0 Å². The Bertz CT molecular complexity index is 666. The Morgan fingerprint density at radius 2 is 1.62 bits per heavy atom. The first-order valence-electron chi connectivity index (χ1n) is 8.28. The molecule has 3 N–H and O–H groups in total. The topological polar surface area (TPSA) is 111 Å². The summed E-state index contributed by atoms with van der Waals surface area (Å²) in [5.74, 6) is -0.306. The maximum Gasteiger partial charge on any atom is 0.251 e. The van der Waals surface area contributed by atoms with Crippen molar-refractivity contribution in [3.05, 3.63) is 29.8 Å². The highest BCUT2D eigenvalue weighted by atomic mass is 32.2. The molecule has 1 aromatic carbocycles. The smallest absolute Gasteiger partial charge is 0.251 e. The predicted octanol–water partition coefficient (Wildman–Crippen LogP) is 0.437. The van der Waals surface area contributed by atoms with Crippen LogP contribution in [0.15, 0.2) is 29.2 Å². The number of nitrogens with two attached hydrogens (primary N) is 1. The lowest BCUT2D eigenvalue weighted by atomic mass is 10.1. The zero-order valence-electron chi connectivity index (χ0n) is 15.8. The highest BCUT2D eigenvalue weighted by Gasteiger charge is 2.25. The van der Waals surface area contributed by atoms with Crippen molar-refractivity contribution in [1.82, 2.24) is 9.62 Å². The fraction of sp³-hybridized carbons (Fsp3) is 0.588. The lowest BCUT2D eigenvalue weighted by molar-refractivity contribution is 0.0915. The summed E-state index contributed by atoms with van der Waals surface area (Å²) in [7, 11) is -0.684. The van der Waals surface area contributed by atoms with Crippen molar-refractivity contribution in [3.8, 4) is 0 Å². The van der Waals surface area contributed by atoms with Crippen molar-refractivity contribution >= 4 is 15.9 Å². The third-order valence-corrected chi connectivity index (χ3v) is 5.72. The van der Waals surface area contributed by atoms with Crippen LogP contribution in [-0.4, -0.2) is 71.2 Å². The fourth-order valence-electron chi connectivity index (χ4n) is 2.10. The molecule has 0 radical (unpaired) electrons. The van der Waals surface area contributed by atoms with E-state index in [4.69, 9.17) is 15.2 Å². The molecule has 0 saturated carbocycles. The minimum atomic E-state index is -3.71. The molecule has 1 rings (SSSR count). The van der Waals surface area contributed by atoms with Gasteiger partial charge in [-0.3, -0.25) is 4.79 Å². The van der Waals surface area contributed by atoms with Gasteiger partial charge >= 0.3 is 0 Å². The quantitative estimate of drug-likeness (QED) is 0.570. The average Bonchev–Trinajstić information content (AvgIpc) is 2.61. The number of ether oxygens (including phenoxy) is 2. The van der Waals surface area contributed by atoms with Crippen LogP contribution in [0.1, 0.15) is 24.2 Å². The summed E-state index contributed by atoms with van der Waals surface area (Å²) in [6.07, 6.45) is 0. The van der Waals surface area contributed by atoms with Crippen LogP contribution in [0.5, 0.6) is 0 Å². The molecule has 0 aliphatic carbocycles. The Balaban J connectivity index is 2.98. The molecule has 1 amide bonds. The summed E-state index contributed by atoms with van der Waals surface area (Å²) in [6.45, 7) is 4.90. The SMILES string of the molecule is COCCN(CCOC)S(=O)(=O)c1ccc(C(=O)NC(C)(C)CN)cc1. The Morgan fingerprint density at radius 1 is 1.12 bits per heavy atom. The van der Waals surface area contributed by atoms with E-state index in [1.54, 1.807) is 0 Å². The van der Waals surface area contributed by atoms with Gasteiger partial charge in [-0.2, -0.15) is 4.31 Å². The fourth-order valence-corrected chi connectivity index (χ4v) is 3.50. The number of sulfonamides is 1. The normalized spacial score (nSPS) is 12.4. The summed E-state index contributed by atoms with van der Waals surface area (Å²) < 4.78 is 36.9. The van der Waals surface area contributed by atoms with Crippen molar-refractivity contribution in [2.45, 2.75) is 24.3 Å². The molecule has 1 aromatic rings. The second-order valence-corrected chi connectivity index (χ2v) is 8.39. The van der Waals surface area contributed by atoms with E-state index < -0.39 is 15.6 Å². The van der Waals surface area contributed by atoms with E-state index in [1.165, 1.54) is 42.8 Å². The van der Waals surface area contributed by atoms with Crippen LogP contribution in [0.2, 0.25) is 0 Å². The highest BCUT2D eigenvalue weighted by molar-refractivity contribution is 7.89. The first-order valence-corrected chi connectivity index (χ1v) is 9.72. The van der Waals surface area contributed by atoms with Gasteiger partial charge in [-0.25, -0.2) is 8.42 Å². The molecule has 0 spiro atoms. The lowest BCUT2D eigenvalue weighted by Gasteiger charge is -2.24. The van der Waals surface area contributed by atoms with Crippen LogP contribution in [0.4, 0.5) is 0 Å². The zero-order chi connectivity index (χ0) is 19.8. The summed E-state index contributed by atoms with van der Waals surface area (Å²) in [5, 5.41) is 2.80. The molecule has 0 aliphatic rings. The standard InChI is InChI=1S/C17H29N3O5S/c1-17(2,13-18)19-16(21)14-5-7-15(8-6-14)26(22,23)20(9-11-24-3)10-12-25-4/h5-8H,9-13,18H2,1-4H3,(H,19,21). The first-order chi connectivity index (χ1) is 12.2. The van der Waals surface area contributed by atoms with Gasteiger partial charge in [0.15, 0.2) is 0 Å². The molecular formula is C17H29N3O5S. The molecular weight excluding hydrogens is 358 g/mol. The molecule has 8 nitrogen and oxygen atoms in total. The monoisotopic (exact) mass is 387 g/mol. The molecule has 0 bridgehead atoms. The van der Waals surface area contributed by atoms with Crippen LogP contribution < -0.4 is 11.1 Å². The molecule has 0 saturated heterocycles. The summed E-state index contributed by atoms with van der Waals surface area (Å²) in [6, 6.07) is 5.82. The number of nitrogens with one attached hydrogen (secondary N) is 1. The molecule has 0 atom stereocenters. The van der Waals surface area contributed by atoms with Crippen LogP contribution >= 0.6 is 0 Å². The average molecular weight is 388 g/mol. The van der Waals surface area contributed by atoms with Gasteiger partial charge in [-0.15, -0.1) is 0 Å². The number of carbonyl (C=O) groups excluding carboxylic acids is 1. The first kappa shape index (κ1) is 22.5. The third kappa shape index (κ3) is 6.33. The number of rotatable bonds is 11. The number of amides is 1. The molecule has 148 valence electrons. The van der Waals surface area contributed by atoms with E-state index in [-0.39, 0.29) is 37.1 Å². The van der Waals surface area contributed by atoms with Crippen LogP contribution in [0.3, 0.4) is 0 Å². The van der Waals surface area contributed by atoms with E-state index in [2.05, 4.69) is 5.32 Å². The molecule has 0 aliphatic heterocycles. The zero-order valence-corrected chi connectivity index (χ0v) is 16.6. The number of methoxy groups -OCH3 is 2. The van der Waals surface area contributed by atoms with Crippen LogP contribution in [0, 0.1) is 0 Å². The minimum Gasteiger partial charge on any atom is -0.383 e. The number of carbonyl (C=O) groups is 1. The Hall–Kier alpha value is -1.52. The van der Waals surface area contributed by atoms with Gasteiger partial charge < -0.3 is 20.5 Å². The largest absolute Gasteiger partial charge is 0.383 e. The van der Waals surface area contributed by atoms with Crippen molar-refractivity contribution in [1.29, 1.82) is 0 Å². The number of hydrogen-bond acceptors (Lipinski definition) is 6. The number of benzene rings is 1. The Kier molecular flexibility index (Phi) is 8.65. The number of nitrogens with zero attached hydrogens (tertiary/aromatic N) is 1. The van der Waals surface area contributed by atoms with Crippen LogP contribution in [0.25, 0.3) is 0 Å². The molecule has 0 aromatic heterocycles. The predicted molar refractivity (Wildman–Crippen MR) is 99.6 cm³/mol. The van der Waals surface area contributed by atoms with Gasteiger partial charge in [0.25, 0.3) is 5.91 Å². The Labute approximate surface area is 155 Å². The summed E-state index contributed by atoms with van der Waals surface area (Å²) in [5.41, 5.74) is 5.43. The molecule has 0 fully saturated rings. The van der Waals surface area contributed by atoms with Crippen molar-refractivity contribution in [2.24, 2.45) is 5.73 Å². The number of hydrogen-bond donors (Lipinski definition) is 2. The summed E-state index contributed by atoms with van der Waals surface area (Å²) >= 11 is 0. The Morgan fingerprint density at radius 3 is 2.04 bits per heavy atom. The van der Waals surface area contributed by atoms with Gasteiger partial charge in [0, 0.05) is 45.0 Å². The van der Waals surface area contributed by atoms with Gasteiger partial charge in [0.05, 0.1) is 18.1 Å². The van der Waals surface area contributed by atoms with Gasteiger partial charge in [0.2, 0.25) is 10.0 Å². The minimum absolute atomic E-state index is 0.111. The van der Waals surface area contributed by atoms with Crippen molar-refractivity contribution in [3.63, 3.8) is 0 Å². The molecule has 26 heavy (non-hydrogen) atoms. The van der Waals surface area contributed by atoms with Gasteiger partial charge in [0.1, 0.15) is 0 Å². The van der Waals surface area contributed by atoms with E-state index in [0.717, 1.165) is 0 Å². The van der Waals surface area contributed by atoms with Crippen molar-refractivity contribution in [2.75, 3.05) is 47.1 Å². The third-order valence-electron chi connectivity index (χ3n) is 3.81. The lowest BCUT2D eigenvalue weighted by Crippen LogP contribution is -2.48. The molecule has 0 unspecified atom stereocenters. The summed E-state index contributed by atoms with van der Waals surface area (Å²) in [4.78, 5) is 12.3. The van der Waals surface area contributed by atoms with E-state index in [0.29, 0.717) is 12.1 Å². The van der Waals surface area contributed by atoms with E-state index in [1.807, 2.05) is 13.8 Å². The molecule has 9 heteroatoms. The van der Waals surface area contributed by atoms with Crippen LogP contribution in [-0.2, 0) is 19.5 Å². The molecule has 0 heterocycles. The van der Waals surface area contributed by atoms with Gasteiger partial charge in [-0.05, 0) is 38.1 Å². The van der Waals surface area contributed by atoms with Crippen molar-refractivity contribution < 1.29 is 22.7 Å².